The normalized spacial score (nSPS) is 33.9. The molecule has 20 heavy (non-hydrogen) atoms. The van der Waals surface area contributed by atoms with E-state index >= 15 is 0 Å². The Morgan fingerprint density at radius 3 is 3.05 bits per heavy atom. The molecule has 3 atom stereocenters. The van der Waals surface area contributed by atoms with Crippen molar-refractivity contribution in [3.05, 3.63) is 21.9 Å². The van der Waals surface area contributed by atoms with Gasteiger partial charge in [0.05, 0.1) is 11.6 Å². The second-order valence-corrected chi connectivity index (χ2v) is 7.58. The Morgan fingerprint density at radius 1 is 1.50 bits per heavy atom. The summed E-state index contributed by atoms with van der Waals surface area (Å²) in [5.41, 5.74) is 7.19. The monoisotopic (exact) mass is 292 g/mol. The molecule has 1 amide bonds. The van der Waals surface area contributed by atoms with Gasteiger partial charge < -0.3 is 10.6 Å². The highest BCUT2D eigenvalue weighted by Crippen LogP contribution is 2.37. The molecule has 0 spiro atoms. The average Bonchev–Trinajstić information content (AvgIpc) is 2.87. The summed E-state index contributed by atoms with van der Waals surface area (Å²) >= 11 is 1.81. The van der Waals surface area contributed by atoms with Gasteiger partial charge in [-0.05, 0) is 49.1 Å². The van der Waals surface area contributed by atoms with Crippen LogP contribution in [-0.2, 0) is 11.2 Å². The van der Waals surface area contributed by atoms with E-state index in [1.165, 1.54) is 16.9 Å². The largest absolute Gasteiger partial charge is 0.334 e. The number of hydrogen-bond acceptors (Lipinski definition) is 3. The molecule has 4 heteroatoms. The van der Waals surface area contributed by atoms with Gasteiger partial charge in [0.15, 0.2) is 0 Å². The van der Waals surface area contributed by atoms with Crippen LogP contribution in [0.3, 0.4) is 0 Å². The maximum absolute atomic E-state index is 13.0. The maximum atomic E-state index is 13.0. The number of fused-ring (bicyclic) bond motifs is 1. The number of nitrogens with two attached hydrogens (primary N) is 1. The van der Waals surface area contributed by atoms with E-state index in [4.69, 9.17) is 5.73 Å². The van der Waals surface area contributed by atoms with E-state index in [-0.39, 0.29) is 11.9 Å². The van der Waals surface area contributed by atoms with E-state index in [0.717, 1.165) is 32.2 Å². The number of rotatable bonds is 1. The first-order chi connectivity index (χ1) is 9.51. The lowest BCUT2D eigenvalue weighted by Crippen LogP contribution is -2.58. The molecule has 1 aliphatic heterocycles. The molecule has 0 saturated heterocycles. The van der Waals surface area contributed by atoms with E-state index < -0.39 is 5.54 Å². The van der Waals surface area contributed by atoms with Crippen LogP contribution in [0.25, 0.3) is 0 Å². The summed E-state index contributed by atoms with van der Waals surface area (Å²) in [6, 6.07) is 2.34. The zero-order chi connectivity index (χ0) is 14.3. The van der Waals surface area contributed by atoms with Crippen LogP contribution in [0.4, 0.5) is 0 Å². The SMILES string of the molecule is CC1CCCC(N)(C(=O)N2CCc3sccc3C2C)C1. The van der Waals surface area contributed by atoms with Gasteiger partial charge in [0.1, 0.15) is 0 Å². The van der Waals surface area contributed by atoms with E-state index in [9.17, 15) is 4.79 Å². The van der Waals surface area contributed by atoms with Crippen molar-refractivity contribution in [3.63, 3.8) is 0 Å². The molecule has 1 aromatic rings. The minimum atomic E-state index is -0.626. The summed E-state index contributed by atoms with van der Waals surface area (Å²) in [5, 5.41) is 2.13. The topological polar surface area (TPSA) is 46.3 Å². The molecule has 110 valence electrons. The first kappa shape index (κ1) is 14.1. The van der Waals surface area contributed by atoms with Crippen LogP contribution in [0.2, 0.25) is 0 Å². The third-order valence-corrected chi connectivity index (χ3v) is 5.99. The smallest absolute Gasteiger partial charge is 0.243 e. The number of carbonyl (C=O) groups is 1. The molecule has 3 rings (SSSR count). The highest BCUT2D eigenvalue weighted by Gasteiger charge is 2.42. The van der Waals surface area contributed by atoms with Gasteiger partial charge in [-0.1, -0.05) is 19.8 Å². The highest BCUT2D eigenvalue weighted by molar-refractivity contribution is 7.10. The van der Waals surface area contributed by atoms with Gasteiger partial charge in [-0.15, -0.1) is 11.3 Å². The summed E-state index contributed by atoms with van der Waals surface area (Å²) in [5.74, 6) is 0.739. The van der Waals surface area contributed by atoms with Crippen LogP contribution in [-0.4, -0.2) is 22.9 Å². The lowest BCUT2D eigenvalue weighted by Gasteiger charge is -2.42. The third kappa shape index (κ3) is 2.29. The number of nitrogens with zero attached hydrogens (tertiary/aromatic N) is 1. The Hall–Kier alpha value is -0.870. The van der Waals surface area contributed by atoms with Crippen molar-refractivity contribution in [2.24, 2.45) is 11.7 Å². The second kappa shape index (κ2) is 5.15. The molecule has 1 aliphatic carbocycles. The van der Waals surface area contributed by atoms with Crippen molar-refractivity contribution in [1.29, 1.82) is 0 Å². The molecule has 2 aliphatic rings. The van der Waals surface area contributed by atoms with Gasteiger partial charge in [0.2, 0.25) is 5.91 Å². The van der Waals surface area contributed by atoms with Crippen LogP contribution >= 0.6 is 11.3 Å². The summed E-state index contributed by atoms with van der Waals surface area (Å²) < 4.78 is 0. The van der Waals surface area contributed by atoms with Crippen molar-refractivity contribution in [2.45, 2.75) is 57.5 Å². The first-order valence-electron chi connectivity index (χ1n) is 7.67. The Morgan fingerprint density at radius 2 is 2.30 bits per heavy atom. The van der Waals surface area contributed by atoms with Crippen molar-refractivity contribution in [1.82, 2.24) is 4.90 Å². The van der Waals surface area contributed by atoms with Crippen LogP contribution < -0.4 is 5.73 Å². The molecule has 0 bridgehead atoms. The molecular formula is C16H24N2OS. The Bertz CT molecular complexity index is 512. The average molecular weight is 292 g/mol. The van der Waals surface area contributed by atoms with Crippen molar-refractivity contribution in [3.8, 4) is 0 Å². The minimum Gasteiger partial charge on any atom is -0.334 e. The molecule has 1 saturated carbocycles. The van der Waals surface area contributed by atoms with Crippen LogP contribution in [0.5, 0.6) is 0 Å². The summed E-state index contributed by atoms with van der Waals surface area (Å²) in [7, 11) is 0. The first-order valence-corrected chi connectivity index (χ1v) is 8.55. The minimum absolute atomic E-state index is 0.174. The predicted octanol–water partition coefficient (Wildman–Crippen LogP) is 3.10. The second-order valence-electron chi connectivity index (χ2n) is 6.58. The molecule has 3 unspecified atom stereocenters. The molecule has 0 aromatic carbocycles. The summed E-state index contributed by atoms with van der Waals surface area (Å²) in [4.78, 5) is 16.4. The van der Waals surface area contributed by atoms with E-state index in [1.54, 1.807) is 0 Å². The van der Waals surface area contributed by atoms with Gasteiger partial charge in [-0.25, -0.2) is 0 Å². The van der Waals surface area contributed by atoms with Crippen LogP contribution in [0.1, 0.15) is 56.0 Å². The van der Waals surface area contributed by atoms with Gasteiger partial charge in [0.25, 0.3) is 0 Å². The molecule has 2 N–H and O–H groups in total. The Balaban J connectivity index is 1.81. The predicted molar refractivity (Wildman–Crippen MR) is 82.7 cm³/mol. The quantitative estimate of drug-likeness (QED) is 0.864. The summed E-state index contributed by atoms with van der Waals surface area (Å²) in [6.45, 7) is 5.17. The number of hydrogen-bond donors (Lipinski definition) is 1. The third-order valence-electron chi connectivity index (χ3n) is 5.00. The van der Waals surface area contributed by atoms with E-state index in [0.29, 0.717) is 5.92 Å². The van der Waals surface area contributed by atoms with Crippen molar-refractivity contribution in [2.75, 3.05) is 6.54 Å². The zero-order valence-electron chi connectivity index (χ0n) is 12.4. The molecule has 1 aromatic heterocycles. The van der Waals surface area contributed by atoms with Crippen molar-refractivity contribution >= 4 is 17.2 Å². The number of amides is 1. The van der Waals surface area contributed by atoms with Crippen LogP contribution in [0, 0.1) is 5.92 Å². The molecular weight excluding hydrogens is 268 g/mol. The van der Waals surface area contributed by atoms with Gasteiger partial charge >= 0.3 is 0 Å². The fourth-order valence-electron chi connectivity index (χ4n) is 3.86. The summed E-state index contributed by atoms with van der Waals surface area (Å²) in [6.07, 6.45) is 4.95. The number of carbonyl (C=O) groups excluding carboxylic acids is 1. The molecule has 2 heterocycles. The Labute approximate surface area is 125 Å². The van der Waals surface area contributed by atoms with Crippen molar-refractivity contribution < 1.29 is 4.79 Å². The van der Waals surface area contributed by atoms with Gasteiger partial charge in [-0.2, -0.15) is 0 Å². The van der Waals surface area contributed by atoms with E-state index in [2.05, 4.69) is 25.3 Å². The lowest BCUT2D eigenvalue weighted by molar-refractivity contribution is -0.141. The highest BCUT2D eigenvalue weighted by atomic mass is 32.1. The maximum Gasteiger partial charge on any atom is 0.243 e. The van der Waals surface area contributed by atoms with Crippen LogP contribution in [0.15, 0.2) is 11.4 Å². The Kier molecular flexibility index (Phi) is 3.63. The van der Waals surface area contributed by atoms with E-state index in [1.807, 2.05) is 16.2 Å². The fourth-order valence-corrected chi connectivity index (χ4v) is 4.82. The van der Waals surface area contributed by atoms with Gasteiger partial charge in [-0.3, -0.25) is 4.79 Å². The zero-order valence-corrected chi connectivity index (χ0v) is 13.2. The van der Waals surface area contributed by atoms with Gasteiger partial charge in [0, 0.05) is 11.4 Å². The standard InChI is InChI=1S/C16H24N2OS/c1-11-4-3-7-16(17,10-11)15(19)18-8-5-14-13(12(18)2)6-9-20-14/h6,9,11-12H,3-5,7-8,10,17H2,1-2H3. The molecule has 1 fully saturated rings. The number of thiophene rings is 1. The molecule has 0 radical (unpaired) electrons. The lowest BCUT2D eigenvalue weighted by atomic mass is 9.76. The molecule has 3 nitrogen and oxygen atoms in total. The fraction of sp³-hybridized carbons (Fsp3) is 0.688.